The van der Waals surface area contributed by atoms with Crippen LogP contribution in [0.15, 0.2) is 53.4 Å². The number of carbonyl (C=O) groups is 1. The molecular formula is C21H25FN2O3S. The fourth-order valence-corrected chi connectivity index (χ4v) is 4.84. The van der Waals surface area contributed by atoms with Crippen molar-refractivity contribution in [2.45, 2.75) is 56.0 Å². The highest BCUT2D eigenvalue weighted by Gasteiger charge is 2.23. The molecular weight excluding hydrogens is 379 g/mol. The van der Waals surface area contributed by atoms with Crippen molar-refractivity contribution in [3.05, 3.63) is 65.5 Å². The maximum atomic E-state index is 13.8. The summed E-state index contributed by atoms with van der Waals surface area (Å²) in [7, 11) is -3.66. The first kappa shape index (κ1) is 20.5. The van der Waals surface area contributed by atoms with E-state index < -0.39 is 10.0 Å². The van der Waals surface area contributed by atoms with Crippen LogP contribution in [0.4, 0.5) is 4.39 Å². The number of sulfonamides is 1. The first-order valence-electron chi connectivity index (χ1n) is 9.52. The molecule has 0 saturated heterocycles. The molecule has 1 saturated carbocycles. The van der Waals surface area contributed by atoms with E-state index in [9.17, 15) is 17.6 Å². The predicted octanol–water partition coefficient (Wildman–Crippen LogP) is 3.41. The molecule has 5 nitrogen and oxygen atoms in total. The molecule has 0 heterocycles. The third-order valence-electron chi connectivity index (χ3n) is 4.94. The normalized spacial score (nSPS) is 16.1. The minimum absolute atomic E-state index is 0.0386. The first-order valence-corrected chi connectivity index (χ1v) is 11.0. The topological polar surface area (TPSA) is 75.3 Å². The standard InChI is InChI=1S/C21H25FN2O3S/c1-15(13-16-7-2-5-12-20(16)22)23-21(25)17-8-6-11-19(14-17)28(26,27)24-18-9-3-4-10-18/h2,5-8,11-12,14-15,18,24H,3-4,9-10,13H2,1H3,(H,23,25). The van der Waals surface area contributed by atoms with Gasteiger partial charge in [0.1, 0.15) is 5.82 Å². The highest BCUT2D eigenvalue weighted by Crippen LogP contribution is 2.21. The van der Waals surface area contributed by atoms with Crippen LogP contribution in [0.3, 0.4) is 0 Å². The quantitative estimate of drug-likeness (QED) is 0.743. The third-order valence-corrected chi connectivity index (χ3v) is 6.46. The minimum Gasteiger partial charge on any atom is -0.349 e. The minimum atomic E-state index is -3.66. The van der Waals surface area contributed by atoms with Gasteiger partial charge in [-0.15, -0.1) is 0 Å². The Balaban J connectivity index is 1.67. The molecule has 2 N–H and O–H groups in total. The molecule has 28 heavy (non-hydrogen) atoms. The van der Waals surface area contributed by atoms with Crippen LogP contribution in [0, 0.1) is 5.82 Å². The summed E-state index contributed by atoms with van der Waals surface area (Å²) in [6, 6.07) is 12.1. The predicted molar refractivity (Wildman–Crippen MR) is 106 cm³/mol. The van der Waals surface area contributed by atoms with E-state index in [1.807, 2.05) is 0 Å². The van der Waals surface area contributed by atoms with Crippen molar-refractivity contribution in [3.63, 3.8) is 0 Å². The van der Waals surface area contributed by atoms with Crippen LogP contribution in [0.1, 0.15) is 48.5 Å². The molecule has 3 rings (SSSR count). The zero-order valence-corrected chi connectivity index (χ0v) is 16.6. The van der Waals surface area contributed by atoms with Crippen LogP contribution in [-0.4, -0.2) is 26.4 Å². The molecule has 0 bridgehead atoms. The van der Waals surface area contributed by atoms with Crippen molar-refractivity contribution < 1.29 is 17.6 Å². The van der Waals surface area contributed by atoms with Crippen molar-refractivity contribution >= 4 is 15.9 Å². The Morgan fingerprint density at radius 1 is 1.14 bits per heavy atom. The Morgan fingerprint density at radius 3 is 2.57 bits per heavy atom. The van der Waals surface area contributed by atoms with Crippen LogP contribution in [0.25, 0.3) is 0 Å². The van der Waals surface area contributed by atoms with Gasteiger partial charge in [0.15, 0.2) is 0 Å². The Hall–Kier alpha value is -2.25. The number of nitrogens with one attached hydrogen (secondary N) is 2. The summed E-state index contributed by atoms with van der Waals surface area (Å²) in [6.07, 6.45) is 4.07. The van der Waals surface area contributed by atoms with E-state index in [0.717, 1.165) is 25.7 Å². The average molecular weight is 405 g/mol. The molecule has 1 unspecified atom stereocenters. The zero-order valence-electron chi connectivity index (χ0n) is 15.8. The molecule has 1 amide bonds. The van der Waals surface area contributed by atoms with Gasteiger partial charge in [-0.2, -0.15) is 0 Å². The van der Waals surface area contributed by atoms with Gasteiger partial charge in [-0.05, 0) is 56.0 Å². The van der Waals surface area contributed by atoms with Gasteiger partial charge in [0.05, 0.1) is 4.90 Å². The number of halogens is 1. The van der Waals surface area contributed by atoms with Crippen molar-refractivity contribution in [2.24, 2.45) is 0 Å². The van der Waals surface area contributed by atoms with Crippen LogP contribution in [-0.2, 0) is 16.4 Å². The van der Waals surface area contributed by atoms with Crippen molar-refractivity contribution in [2.75, 3.05) is 0 Å². The number of rotatable bonds is 7. The lowest BCUT2D eigenvalue weighted by Gasteiger charge is -2.16. The van der Waals surface area contributed by atoms with E-state index >= 15 is 0 Å². The van der Waals surface area contributed by atoms with Gasteiger partial charge in [-0.25, -0.2) is 17.5 Å². The second kappa shape index (κ2) is 8.84. The summed E-state index contributed by atoms with van der Waals surface area (Å²) in [5.41, 5.74) is 0.780. The van der Waals surface area contributed by atoms with Gasteiger partial charge >= 0.3 is 0 Å². The van der Waals surface area contributed by atoms with E-state index in [1.165, 1.54) is 18.2 Å². The molecule has 0 spiro atoms. The number of amides is 1. The first-order chi connectivity index (χ1) is 13.3. The Kier molecular flexibility index (Phi) is 6.46. The lowest BCUT2D eigenvalue weighted by atomic mass is 10.1. The van der Waals surface area contributed by atoms with E-state index in [4.69, 9.17) is 0 Å². The Bertz CT molecular complexity index is 940. The number of hydrogen-bond acceptors (Lipinski definition) is 3. The largest absolute Gasteiger partial charge is 0.349 e. The van der Waals surface area contributed by atoms with Gasteiger partial charge in [-0.1, -0.05) is 37.1 Å². The second-order valence-electron chi connectivity index (χ2n) is 7.30. The van der Waals surface area contributed by atoms with E-state index in [2.05, 4.69) is 10.0 Å². The molecule has 0 aliphatic heterocycles. The lowest BCUT2D eigenvalue weighted by Crippen LogP contribution is -2.35. The fraction of sp³-hybridized carbons (Fsp3) is 0.381. The van der Waals surface area contributed by atoms with Crippen molar-refractivity contribution in [1.29, 1.82) is 0 Å². The van der Waals surface area contributed by atoms with Gasteiger partial charge in [0.2, 0.25) is 10.0 Å². The summed E-state index contributed by atoms with van der Waals surface area (Å²) >= 11 is 0. The zero-order chi connectivity index (χ0) is 20.1. The van der Waals surface area contributed by atoms with Crippen LogP contribution >= 0.6 is 0 Å². The van der Waals surface area contributed by atoms with Crippen molar-refractivity contribution in [3.8, 4) is 0 Å². The fourth-order valence-electron chi connectivity index (χ4n) is 3.49. The maximum Gasteiger partial charge on any atom is 0.251 e. The monoisotopic (exact) mass is 404 g/mol. The number of hydrogen-bond donors (Lipinski definition) is 2. The summed E-state index contributed by atoms with van der Waals surface area (Å²) in [5.74, 6) is -0.698. The van der Waals surface area contributed by atoms with E-state index in [0.29, 0.717) is 12.0 Å². The van der Waals surface area contributed by atoms with Crippen LogP contribution in [0.5, 0.6) is 0 Å². The molecule has 2 aromatic rings. The van der Waals surface area contributed by atoms with Crippen molar-refractivity contribution in [1.82, 2.24) is 10.0 Å². The van der Waals surface area contributed by atoms with Crippen LogP contribution < -0.4 is 10.0 Å². The highest BCUT2D eigenvalue weighted by atomic mass is 32.2. The van der Waals surface area contributed by atoms with Gasteiger partial charge in [0, 0.05) is 17.6 Å². The average Bonchev–Trinajstić information content (AvgIpc) is 3.16. The summed E-state index contributed by atoms with van der Waals surface area (Å²) in [6.45, 7) is 1.78. The van der Waals surface area contributed by atoms with E-state index in [1.54, 1.807) is 37.3 Å². The Morgan fingerprint density at radius 2 is 1.86 bits per heavy atom. The summed E-state index contributed by atoms with van der Waals surface area (Å²) < 4.78 is 41.6. The summed E-state index contributed by atoms with van der Waals surface area (Å²) in [5, 5.41) is 2.80. The number of benzene rings is 2. The maximum absolute atomic E-state index is 13.8. The molecule has 1 atom stereocenters. The Labute approximate surface area is 165 Å². The van der Waals surface area contributed by atoms with Gasteiger partial charge in [-0.3, -0.25) is 4.79 Å². The molecule has 1 fully saturated rings. The molecule has 0 aromatic heterocycles. The highest BCUT2D eigenvalue weighted by molar-refractivity contribution is 7.89. The third kappa shape index (κ3) is 5.17. The molecule has 2 aromatic carbocycles. The molecule has 1 aliphatic rings. The van der Waals surface area contributed by atoms with Gasteiger partial charge in [0.25, 0.3) is 5.91 Å². The summed E-state index contributed by atoms with van der Waals surface area (Å²) in [4.78, 5) is 12.6. The lowest BCUT2D eigenvalue weighted by molar-refractivity contribution is 0.0939. The second-order valence-corrected chi connectivity index (χ2v) is 9.01. The molecule has 150 valence electrons. The molecule has 1 aliphatic carbocycles. The number of carbonyl (C=O) groups excluding carboxylic acids is 1. The molecule has 0 radical (unpaired) electrons. The van der Waals surface area contributed by atoms with Gasteiger partial charge < -0.3 is 5.32 Å². The smallest absolute Gasteiger partial charge is 0.251 e. The SMILES string of the molecule is CC(Cc1ccccc1F)NC(=O)c1cccc(S(=O)(=O)NC2CCCC2)c1. The van der Waals surface area contributed by atoms with E-state index in [-0.39, 0.29) is 34.3 Å². The molecule has 7 heteroatoms. The van der Waals surface area contributed by atoms with Crippen LogP contribution in [0.2, 0.25) is 0 Å².